The third-order valence-electron chi connectivity index (χ3n) is 2.34. The highest BCUT2D eigenvalue weighted by atomic mass is 32.2. The average Bonchev–Trinajstić information content (AvgIpc) is 2.61. The molecule has 0 bridgehead atoms. The fourth-order valence-electron chi connectivity index (χ4n) is 1.49. The molecule has 4 heteroatoms. The molecular formula is C11H15N3S. The van der Waals surface area contributed by atoms with Crippen molar-refractivity contribution in [1.29, 1.82) is 0 Å². The van der Waals surface area contributed by atoms with E-state index in [2.05, 4.69) is 46.2 Å². The molecule has 0 spiro atoms. The SMILES string of the molecule is CSN1C=C(C)N(/C=C2/C=CC=CN2)C1. The van der Waals surface area contributed by atoms with Crippen LogP contribution >= 0.6 is 11.9 Å². The fourth-order valence-corrected chi connectivity index (χ4v) is 1.99. The standard InChI is InChI=1S/C11H15N3S/c1-10-7-14(15-2)9-13(10)8-11-5-3-4-6-12-11/h3-8,12H,9H2,1-2H3/b11-8-. The van der Waals surface area contributed by atoms with Crippen LogP contribution in [0.2, 0.25) is 0 Å². The van der Waals surface area contributed by atoms with Crippen LogP contribution in [0.3, 0.4) is 0 Å². The largest absolute Gasteiger partial charge is 0.361 e. The van der Waals surface area contributed by atoms with Gasteiger partial charge in [0.1, 0.15) is 6.67 Å². The van der Waals surface area contributed by atoms with E-state index in [1.165, 1.54) is 5.70 Å². The summed E-state index contributed by atoms with van der Waals surface area (Å²) < 4.78 is 2.20. The molecule has 3 nitrogen and oxygen atoms in total. The monoisotopic (exact) mass is 221 g/mol. The van der Waals surface area contributed by atoms with Crippen molar-refractivity contribution in [2.75, 3.05) is 12.9 Å². The first-order valence-corrected chi connectivity index (χ1v) is 6.05. The number of hydrogen-bond acceptors (Lipinski definition) is 4. The molecule has 2 rings (SSSR count). The minimum absolute atomic E-state index is 0.912. The van der Waals surface area contributed by atoms with Gasteiger partial charge in [-0.3, -0.25) is 0 Å². The van der Waals surface area contributed by atoms with Crippen LogP contribution in [0, 0.1) is 0 Å². The normalized spacial score (nSPS) is 22.3. The Morgan fingerprint density at radius 1 is 1.47 bits per heavy atom. The van der Waals surface area contributed by atoms with E-state index >= 15 is 0 Å². The van der Waals surface area contributed by atoms with Crippen LogP contribution in [0.1, 0.15) is 6.92 Å². The van der Waals surface area contributed by atoms with Gasteiger partial charge in [0, 0.05) is 30.6 Å². The zero-order valence-electron chi connectivity index (χ0n) is 8.97. The summed E-state index contributed by atoms with van der Waals surface area (Å²) in [4.78, 5) is 2.22. The first kappa shape index (κ1) is 10.2. The summed E-state index contributed by atoms with van der Waals surface area (Å²) in [5, 5.41) is 3.20. The summed E-state index contributed by atoms with van der Waals surface area (Å²) in [6.07, 6.45) is 14.4. The van der Waals surface area contributed by atoms with Crippen molar-refractivity contribution >= 4 is 11.9 Å². The molecule has 0 aromatic heterocycles. The third kappa shape index (κ3) is 2.39. The molecule has 80 valence electrons. The Hall–Kier alpha value is -1.29. The van der Waals surface area contributed by atoms with Gasteiger partial charge in [-0.15, -0.1) is 0 Å². The maximum atomic E-state index is 3.20. The topological polar surface area (TPSA) is 18.5 Å². The van der Waals surface area contributed by atoms with Crippen molar-refractivity contribution in [3.05, 3.63) is 48.2 Å². The quantitative estimate of drug-likeness (QED) is 0.720. The highest BCUT2D eigenvalue weighted by molar-refractivity contribution is 7.96. The lowest BCUT2D eigenvalue weighted by Gasteiger charge is -2.19. The van der Waals surface area contributed by atoms with Gasteiger partial charge in [-0.05, 0) is 19.1 Å². The molecule has 0 saturated heterocycles. The maximum absolute atomic E-state index is 3.20. The van der Waals surface area contributed by atoms with E-state index in [4.69, 9.17) is 0 Å². The number of nitrogens with zero attached hydrogens (tertiary/aromatic N) is 2. The minimum Gasteiger partial charge on any atom is -0.361 e. The highest BCUT2D eigenvalue weighted by Gasteiger charge is 2.15. The van der Waals surface area contributed by atoms with Crippen LogP contribution in [0.4, 0.5) is 0 Å². The van der Waals surface area contributed by atoms with E-state index in [1.54, 1.807) is 11.9 Å². The zero-order chi connectivity index (χ0) is 10.7. The number of allylic oxidation sites excluding steroid dienone is 4. The van der Waals surface area contributed by atoms with Crippen LogP contribution < -0.4 is 5.32 Å². The fraction of sp³-hybridized carbons (Fsp3) is 0.273. The predicted octanol–water partition coefficient (Wildman–Crippen LogP) is 2.22. The highest BCUT2D eigenvalue weighted by Crippen LogP contribution is 2.21. The molecule has 0 aromatic rings. The number of hydrogen-bond donors (Lipinski definition) is 1. The van der Waals surface area contributed by atoms with Gasteiger partial charge >= 0.3 is 0 Å². The number of rotatable bonds is 2. The van der Waals surface area contributed by atoms with Crippen molar-refractivity contribution < 1.29 is 0 Å². The average molecular weight is 221 g/mol. The molecule has 2 heterocycles. The number of dihydropyridines is 1. The van der Waals surface area contributed by atoms with E-state index in [9.17, 15) is 0 Å². The predicted molar refractivity (Wildman–Crippen MR) is 65.3 cm³/mol. The first-order valence-electron chi connectivity index (χ1n) is 4.87. The van der Waals surface area contributed by atoms with E-state index in [1.807, 2.05) is 18.4 Å². The van der Waals surface area contributed by atoms with Crippen LogP contribution in [0.25, 0.3) is 0 Å². The van der Waals surface area contributed by atoms with Crippen LogP contribution in [-0.4, -0.2) is 22.1 Å². The number of nitrogens with one attached hydrogen (secondary N) is 1. The van der Waals surface area contributed by atoms with Crippen LogP contribution in [-0.2, 0) is 0 Å². The Balaban J connectivity index is 2.05. The summed E-state index contributed by atoms with van der Waals surface area (Å²) in [5.41, 5.74) is 2.38. The summed E-state index contributed by atoms with van der Waals surface area (Å²) >= 11 is 1.74. The van der Waals surface area contributed by atoms with Gasteiger partial charge in [0.2, 0.25) is 0 Å². The lowest BCUT2D eigenvalue weighted by molar-refractivity contribution is 0.423. The Kier molecular flexibility index (Phi) is 3.06. The Bertz CT molecular complexity index is 355. The van der Waals surface area contributed by atoms with E-state index in [0.29, 0.717) is 0 Å². The van der Waals surface area contributed by atoms with Crippen LogP contribution in [0.5, 0.6) is 0 Å². The lowest BCUT2D eigenvalue weighted by atomic mass is 10.3. The summed E-state index contributed by atoms with van der Waals surface area (Å²) in [5.74, 6) is 0. The summed E-state index contributed by atoms with van der Waals surface area (Å²) in [6, 6.07) is 0. The van der Waals surface area contributed by atoms with Crippen molar-refractivity contribution in [3.63, 3.8) is 0 Å². The summed E-state index contributed by atoms with van der Waals surface area (Å²) in [7, 11) is 0. The molecule has 0 saturated carbocycles. The van der Waals surface area contributed by atoms with E-state index in [-0.39, 0.29) is 0 Å². The Morgan fingerprint density at radius 3 is 2.93 bits per heavy atom. The van der Waals surface area contributed by atoms with Crippen molar-refractivity contribution in [2.24, 2.45) is 0 Å². The second-order valence-electron chi connectivity index (χ2n) is 3.43. The first-order chi connectivity index (χ1) is 7.29. The molecule has 0 atom stereocenters. The van der Waals surface area contributed by atoms with Crippen molar-refractivity contribution in [3.8, 4) is 0 Å². The molecule has 0 unspecified atom stereocenters. The lowest BCUT2D eigenvalue weighted by Crippen LogP contribution is -2.20. The molecule has 2 aliphatic heterocycles. The van der Waals surface area contributed by atoms with Crippen molar-refractivity contribution in [2.45, 2.75) is 6.92 Å². The molecule has 1 N–H and O–H groups in total. The Morgan fingerprint density at radius 2 is 2.33 bits per heavy atom. The maximum Gasteiger partial charge on any atom is 0.104 e. The third-order valence-corrected chi connectivity index (χ3v) is 3.03. The van der Waals surface area contributed by atoms with Gasteiger partial charge in [0.25, 0.3) is 0 Å². The molecule has 0 aliphatic carbocycles. The second kappa shape index (κ2) is 4.49. The van der Waals surface area contributed by atoms with Crippen molar-refractivity contribution in [1.82, 2.24) is 14.5 Å². The second-order valence-corrected chi connectivity index (χ2v) is 4.26. The zero-order valence-corrected chi connectivity index (χ0v) is 9.79. The van der Waals surface area contributed by atoms with Gasteiger partial charge in [0.15, 0.2) is 0 Å². The van der Waals surface area contributed by atoms with Gasteiger partial charge in [-0.1, -0.05) is 18.0 Å². The summed E-state index contributed by atoms with van der Waals surface area (Å²) in [6.45, 7) is 3.03. The van der Waals surface area contributed by atoms with Gasteiger partial charge in [0.05, 0.1) is 5.70 Å². The molecule has 15 heavy (non-hydrogen) atoms. The van der Waals surface area contributed by atoms with E-state index < -0.39 is 0 Å². The molecule has 2 aliphatic rings. The molecule has 0 fully saturated rings. The molecule has 0 aromatic carbocycles. The van der Waals surface area contributed by atoms with Crippen LogP contribution in [0.15, 0.2) is 48.2 Å². The minimum atomic E-state index is 0.912. The van der Waals surface area contributed by atoms with Gasteiger partial charge in [-0.2, -0.15) is 0 Å². The smallest absolute Gasteiger partial charge is 0.104 e. The van der Waals surface area contributed by atoms with Gasteiger partial charge in [-0.25, -0.2) is 0 Å². The molecular weight excluding hydrogens is 206 g/mol. The molecule has 0 radical (unpaired) electrons. The molecule has 0 amide bonds. The van der Waals surface area contributed by atoms with E-state index in [0.717, 1.165) is 12.4 Å². The van der Waals surface area contributed by atoms with Gasteiger partial charge < -0.3 is 14.5 Å². The Labute approximate surface area is 94.9 Å².